The normalized spacial score (nSPS) is 20.1. The van der Waals surface area contributed by atoms with Crippen LogP contribution in [0.3, 0.4) is 0 Å². The van der Waals surface area contributed by atoms with Gasteiger partial charge in [0, 0.05) is 24.5 Å². The molecule has 3 heterocycles. The van der Waals surface area contributed by atoms with Crippen molar-refractivity contribution in [2.75, 3.05) is 18.0 Å². The highest BCUT2D eigenvalue weighted by molar-refractivity contribution is 5.93. The zero-order valence-electron chi connectivity index (χ0n) is 16.2. The molecule has 2 unspecified atom stereocenters. The lowest BCUT2D eigenvalue weighted by atomic mass is 10.1. The van der Waals surface area contributed by atoms with E-state index in [-0.39, 0.29) is 12.2 Å². The van der Waals surface area contributed by atoms with E-state index in [1.807, 2.05) is 6.07 Å². The smallest absolute Gasteiger partial charge is 0.132 e. The van der Waals surface area contributed by atoms with Crippen LogP contribution in [0.4, 0.5) is 5.82 Å². The second-order valence-corrected chi connectivity index (χ2v) is 7.52. The summed E-state index contributed by atoms with van der Waals surface area (Å²) in [6, 6.07) is 8.34. The van der Waals surface area contributed by atoms with Gasteiger partial charge in [0.2, 0.25) is 0 Å². The van der Waals surface area contributed by atoms with Crippen LogP contribution >= 0.6 is 0 Å². The predicted octanol–water partition coefficient (Wildman–Crippen LogP) is 4.06. The van der Waals surface area contributed by atoms with Crippen LogP contribution in [0.15, 0.2) is 36.2 Å². The number of ether oxygens (including phenoxy) is 1. The number of aromatic amines is 1. The van der Waals surface area contributed by atoms with Gasteiger partial charge >= 0.3 is 0 Å². The van der Waals surface area contributed by atoms with Crippen LogP contribution < -0.4 is 4.90 Å². The van der Waals surface area contributed by atoms with Crippen molar-refractivity contribution < 1.29 is 4.74 Å². The molecule has 4 rings (SSSR count). The van der Waals surface area contributed by atoms with Gasteiger partial charge in [-0.25, -0.2) is 9.97 Å². The minimum atomic E-state index is 0.185. The van der Waals surface area contributed by atoms with Crippen LogP contribution in [-0.2, 0) is 4.74 Å². The highest BCUT2D eigenvalue weighted by Gasteiger charge is 2.24. The molecule has 6 nitrogen and oxygen atoms in total. The van der Waals surface area contributed by atoms with E-state index in [0.29, 0.717) is 0 Å². The quantitative estimate of drug-likeness (QED) is 0.760. The van der Waals surface area contributed by atoms with Crippen LogP contribution in [0.25, 0.3) is 28.4 Å². The Morgan fingerprint density at radius 3 is 2.67 bits per heavy atom. The van der Waals surface area contributed by atoms with Gasteiger partial charge in [0.15, 0.2) is 0 Å². The second-order valence-electron chi connectivity index (χ2n) is 7.52. The molecule has 2 aromatic heterocycles. The standard InChI is InChI=1S/C21H25N5O/c1-13(2)7-16-5-6-18-17(8-16)21(25-24-18)19-9-20(23-12-22-19)26-10-14(3)27-15(4)11-26/h5-9,12,14-15H,10-11H2,1-4H3,(H,24,25). The number of hydrogen-bond acceptors (Lipinski definition) is 5. The summed E-state index contributed by atoms with van der Waals surface area (Å²) in [5.74, 6) is 0.915. The molecule has 1 N–H and O–H groups in total. The Morgan fingerprint density at radius 1 is 1.15 bits per heavy atom. The Labute approximate surface area is 159 Å². The number of benzene rings is 1. The zero-order valence-corrected chi connectivity index (χ0v) is 16.2. The van der Waals surface area contributed by atoms with Crippen LogP contribution in [0.5, 0.6) is 0 Å². The van der Waals surface area contributed by atoms with Crippen molar-refractivity contribution in [3.05, 3.63) is 41.7 Å². The molecule has 1 saturated heterocycles. The van der Waals surface area contributed by atoms with Gasteiger partial charge in [-0.1, -0.05) is 17.7 Å². The van der Waals surface area contributed by atoms with Gasteiger partial charge in [-0.2, -0.15) is 5.10 Å². The summed E-state index contributed by atoms with van der Waals surface area (Å²) in [5, 5.41) is 8.71. The molecular formula is C21H25N5O. The molecular weight excluding hydrogens is 338 g/mol. The van der Waals surface area contributed by atoms with Crippen LogP contribution in [-0.4, -0.2) is 45.5 Å². The van der Waals surface area contributed by atoms with Crippen LogP contribution in [0, 0.1) is 0 Å². The Morgan fingerprint density at radius 2 is 1.93 bits per heavy atom. The minimum absolute atomic E-state index is 0.185. The number of aromatic nitrogens is 4. The number of anilines is 1. The molecule has 0 amide bonds. The maximum Gasteiger partial charge on any atom is 0.132 e. The average molecular weight is 363 g/mol. The molecule has 0 aliphatic carbocycles. The van der Waals surface area contributed by atoms with Gasteiger partial charge in [-0.3, -0.25) is 5.10 Å². The largest absolute Gasteiger partial charge is 0.372 e. The summed E-state index contributed by atoms with van der Waals surface area (Å²) in [6.07, 6.45) is 4.16. The van der Waals surface area contributed by atoms with E-state index in [1.54, 1.807) is 6.33 Å². The third-order valence-corrected chi connectivity index (χ3v) is 4.68. The van der Waals surface area contributed by atoms with E-state index in [2.05, 4.69) is 77.0 Å². The van der Waals surface area contributed by atoms with Gasteiger partial charge in [0.1, 0.15) is 17.8 Å². The summed E-state index contributed by atoms with van der Waals surface area (Å²) in [4.78, 5) is 11.2. The van der Waals surface area contributed by atoms with Crippen molar-refractivity contribution in [1.29, 1.82) is 0 Å². The van der Waals surface area contributed by atoms with E-state index in [9.17, 15) is 0 Å². The molecule has 1 aromatic carbocycles. The van der Waals surface area contributed by atoms with Crippen LogP contribution in [0.1, 0.15) is 33.3 Å². The van der Waals surface area contributed by atoms with Gasteiger partial charge in [0.05, 0.1) is 23.4 Å². The topological polar surface area (TPSA) is 66.9 Å². The zero-order chi connectivity index (χ0) is 19.0. The fourth-order valence-corrected chi connectivity index (χ4v) is 3.66. The Bertz CT molecular complexity index is 979. The maximum absolute atomic E-state index is 5.83. The molecule has 1 fully saturated rings. The van der Waals surface area contributed by atoms with Crippen molar-refractivity contribution in [2.45, 2.75) is 39.9 Å². The average Bonchev–Trinajstić information content (AvgIpc) is 3.04. The van der Waals surface area contributed by atoms with E-state index >= 15 is 0 Å². The number of fused-ring (bicyclic) bond motifs is 1. The molecule has 0 radical (unpaired) electrons. The molecule has 0 spiro atoms. The third kappa shape index (κ3) is 3.71. The molecule has 1 aliphatic rings. The molecule has 1 aliphatic heterocycles. The van der Waals surface area contributed by atoms with Crippen molar-refractivity contribution in [3.63, 3.8) is 0 Å². The molecule has 2 atom stereocenters. The lowest BCUT2D eigenvalue weighted by Gasteiger charge is -2.36. The second kappa shape index (κ2) is 7.12. The monoisotopic (exact) mass is 363 g/mol. The summed E-state index contributed by atoms with van der Waals surface area (Å²) in [6.45, 7) is 10.0. The number of rotatable bonds is 3. The van der Waals surface area contributed by atoms with Gasteiger partial charge in [0.25, 0.3) is 0 Å². The molecule has 3 aromatic rings. The number of H-pyrrole nitrogens is 1. The number of morpholine rings is 1. The number of allylic oxidation sites excluding steroid dienone is 1. The van der Waals surface area contributed by atoms with Gasteiger partial charge in [-0.15, -0.1) is 0 Å². The van der Waals surface area contributed by atoms with Crippen molar-refractivity contribution >= 4 is 22.8 Å². The first-order valence-electron chi connectivity index (χ1n) is 9.35. The SMILES string of the molecule is CC(C)=Cc1ccc2[nH]nc(-c3cc(N4CC(C)OC(C)C4)ncn3)c2c1. The lowest BCUT2D eigenvalue weighted by molar-refractivity contribution is -0.00546. The highest BCUT2D eigenvalue weighted by atomic mass is 16.5. The fraction of sp³-hybridized carbons (Fsp3) is 0.381. The first kappa shape index (κ1) is 17.7. The van der Waals surface area contributed by atoms with Crippen molar-refractivity contribution in [2.24, 2.45) is 0 Å². The summed E-state index contributed by atoms with van der Waals surface area (Å²) in [5.41, 5.74) is 5.11. The molecule has 140 valence electrons. The number of hydrogen-bond donors (Lipinski definition) is 1. The molecule has 6 heteroatoms. The van der Waals surface area contributed by atoms with E-state index in [1.165, 1.54) is 5.57 Å². The van der Waals surface area contributed by atoms with E-state index in [0.717, 1.165) is 46.8 Å². The van der Waals surface area contributed by atoms with Gasteiger partial charge in [-0.05, 0) is 45.4 Å². The Kier molecular flexibility index (Phi) is 4.66. The third-order valence-electron chi connectivity index (χ3n) is 4.68. The van der Waals surface area contributed by atoms with E-state index < -0.39 is 0 Å². The molecule has 0 saturated carbocycles. The van der Waals surface area contributed by atoms with Crippen molar-refractivity contribution in [3.8, 4) is 11.4 Å². The Balaban J connectivity index is 1.72. The number of nitrogens with zero attached hydrogens (tertiary/aromatic N) is 4. The first-order chi connectivity index (χ1) is 13.0. The predicted molar refractivity (Wildman–Crippen MR) is 109 cm³/mol. The van der Waals surface area contributed by atoms with Gasteiger partial charge < -0.3 is 9.64 Å². The molecule has 27 heavy (non-hydrogen) atoms. The first-order valence-corrected chi connectivity index (χ1v) is 9.35. The highest BCUT2D eigenvalue weighted by Crippen LogP contribution is 2.28. The number of nitrogens with one attached hydrogen (secondary N) is 1. The molecule has 0 bridgehead atoms. The maximum atomic E-state index is 5.83. The summed E-state index contributed by atoms with van der Waals surface area (Å²) in [7, 11) is 0. The summed E-state index contributed by atoms with van der Waals surface area (Å²) < 4.78 is 5.83. The fourth-order valence-electron chi connectivity index (χ4n) is 3.66. The van der Waals surface area contributed by atoms with Crippen LogP contribution in [0.2, 0.25) is 0 Å². The Hall–Kier alpha value is -2.73. The van der Waals surface area contributed by atoms with E-state index in [4.69, 9.17) is 4.74 Å². The minimum Gasteiger partial charge on any atom is -0.372 e. The summed E-state index contributed by atoms with van der Waals surface area (Å²) >= 11 is 0. The lowest BCUT2D eigenvalue weighted by Crippen LogP contribution is -2.45. The van der Waals surface area contributed by atoms with Crippen molar-refractivity contribution in [1.82, 2.24) is 20.2 Å².